The van der Waals surface area contributed by atoms with Gasteiger partial charge in [0.1, 0.15) is 0 Å². The maximum atomic E-state index is 12.5. The predicted molar refractivity (Wildman–Crippen MR) is 110 cm³/mol. The Morgan fingerprint density at radius 2 is 1.62 bits per heavy atom. The smallest absolute Gasteiger partial charge is 0.253 e. The molecule has 0 radical (unpaired) electrons. The summed E-state index contributed by atoms with van der Waals surface area (Å²) in [5, 5.41) is 8.52. The monoisotopic (exact) mass is 435 g/mol. The van der Waals surface area contributed by atoms with Crippen LogP contribution in [0.15, 0.2) is 53.4 Å². The van der Waals surface area contributed by atoms with Gasteiger partial charge in [-0.1, -0.05) is 23.7 Å². The van der Waals surface area contributed by atoms with E-state index in [2.05, 4.69) is 5.32 Å². The first-order chi connectivity index (χ1) is 13.7. The molecule has 1 saturated heterocycles. The van der Waals surface area contributed by atoms with Gasteiger partial charge in [0, 0.05) is 36.1 Å². The molecule has 0 spiro atoms. The molecule has 0 bridgehead atoms. The lowest BCUT2D eigenvalue weighted by atomic mass is 9.95. The Hall–Kier alpha value is -2.42. The molecule has 9 heteroatoms. The second-order valence-corrected chi connectivity index (χ2v) is 8.98. The number of piperidine rings is 1. The van der Waals surface area contributed by atoms with Crippen molar-refractivity contribution in [3.05, 3.63) is 64.7 Å². The SMILES string of the molecule is NS(=O)(=O)c1ccc(CNC(=O)C2CCN(C(=O)c3ccc(Cl)cc3)CC2)cc1. The van der Waals surface area contributed by atoms with Crippen LogP contribution in [-0.2, 0) is 21.4 Å². The highest BCUT2D eigenvalue weighted by Gasteiger charge is 2.27. The minimum atomic E-state index is -3.73. The molecule has 0 aliphatic carbocycles. The van der Waals surface area contributed by atoms with Crippen LogP contribution in [0.1, 0.15) is 28.8 Å². The number of halogens is 1. The van der Waals surface area contributed by atoms with E-state index in [9.17, 15) is 18.0 Å². The average molecular weight is 436 g/mol. The normalized spacial score (nSPS) is 15.2. The quantitative estimate of drug-likeness (QED) is 0.749. The molecule has 29 heavy (non-hydrogen) atoms. The summed E-state index contributed by atoms with van der Waals surface area (Å²) in [6, 6.07) is 12.8. The number of sulfonamides is 1. The van der Waals surface area contributed by atoms with Crippen LogP contribution in [0.2, 0.25) is 5.02 Å². The molecule has 0 atom stereocenters. The van der Waals surface area contributed by atoms with Gasteiger partial charge in [-0.3, -0.25) is 9.59 Å². The van der Waals surface area contributed by atoms with E-state index < -0.39 is 10.0 Å². The second kappa shape index (κ2) is 8.94. The van der Waals surface area contributed by atoms with Crippen molar-refractivity contribution in [1.29, 1.82) is 0 Å². The van der Waals surface area contributed by atoms with Gasteiger partial charge in [-0.25, -0.2) is 13.6 Å². The minimum Gasteiger partial charge on any atom is -0.352 e. The van der Waals surface area contributed by atoms with E-state index >= 15 is 0 Å². The maximum Gasteiger partial charge on any atom is 0.253 e. The molecule has 2 amide bonds. The van der Waals surface area contributed by atoms with Crippen LogP contribution < -0.4 is 10.5 Å². The molecule has 1 aliphatic rings. The Bertz CT molecular complexity index is 983. The Kier molecular flexibility index (Phi) is 6.56. The summed E-state index contributed by atoms with van der Waals surface area (Å²) in [5.74, 6) is -0.289. The fourth-order valence-corrected chi connectivity index (χ4v) is 3.89. The molecule has 3 rings (SSSR count). The molecular formula is C20H22ClN3O4S. The van der Waals surface area contributed by atoms with E-state index in [0.29, 0.717) is 43.1 Å². The summed E-state index contributed by atoms with van der Waals surface area (Å²) >= 11 is 5.86. The highest BCUT2D eigenvalue weighted by atomic mass is 35.5. The summed E-state index contributed by atoms with van der Waals surface area (Å²) < 4.78 is 22.5. The van der Waals surface area contributed by atoms with E-state index in [-0.39, 0.29) is 22.6 Å². The number of likely N-dealkylation sites (tertiary alicyclic amines) is 1. The first-order valence-electron chi connectivity index (χ1n) is 9.18. The van der Waals surface area contributed by atoms with Crippen molar-refractivity contribution in [3.63, 3.8) is 0 Å². The predicted octanol–water partition coefficient (Wildman–Crippen LogP) is 2.16. The lowest BCUT2D eigenvalue weighted by molar-refractivity contribution is -0.126. The van der Waals surface area contributed by atoms with E-state index in [1.54, 1.807) is 41.3 Å². The van der Waals surface area contributed by atoms with E-state index in [1.165, 1.54) is 12.1 Å². The molecule has 2 aromatic carbocycles. The molecular weight excluding hydrogens is 414 g/mol. The summed E-state index contributed by atoms with van der Waals surface area (Å²) in [7, 11) is -3.73. The highest BCUT2D eigenvalue weighted by molar-refractivity contribution is 7.89. The summed E-state index contributed by atoms with van der Waals surface area (Å²) in [5.41, 5.74) is 1.36. The molecule has 1 aliphatic heterocycles. The van der Waals surface area contributed by atoms with Crippen molar-refractivity contribution in [2.24, 2.45) is 11.1 Å². The van der Waals surface area contributed by atoms with E-state index in [0.717, 1.165) is 5.56 Å². The minimum absolute atomic E-state index is 0.0327. The molecule has 1 fully saturated rings. The van der Waals surface area contributed by atoms with E-state index in [1.807, 2.05) is 0 Å². The average Bonchev–Trinajstić information content (AvgIpc) is 2.72. The molecule has 0 saturated carbocycles. The van der Waals surface area contributed by atoms with Gasteiger partial charge in [-0.05, 0) is 54.8 Å². The summed E-state index contributed by atoms with van der Waals surface area (Å²) in [6.07, 6.45) is 1.19. The van der Waals surface area contributed by atoms with Crippen LogP contribution >= 0.6 is 11.6 Å². The van der Waals surface area contributed by atoms with Gasteiger partial charge >= 0.3 is 0 Å². The number of amides is 2. The number of hydrogen-bond donors (Lipinski definition) is 2. The number of rotatable bonds is 5. The molecule has 3 N–H and O–H groups in total. The Balaban J connectivity index is 1.48. The summed E-state index contributed by atoms with van der Waals surface area (Å²) in [6.45, 7) is 1.33. The van der Waals surface area contributed by atoms with Gasteiger partial charge < -0.3 is 10.2 Å². The zero-order valence-corrected chi connectivity index (χ0v) is 17.2. The third-order valence-corrected chi connectivity index (χ3v) is 6.14. The number of nitrogens with two attached hydrogens (primary N) is 1. The fraction of sp³-hybridized carbons (Fsp3) is 0.300. The maximum absolute atomic E-state index is 12.5. The van der Waals surface area contributed by atoms with Crippen LogP contribution in [0.3, 0.4) is 0 Å². The van der Waals surface area contributed by atoms with Crippen molar-refractivity contribution in [3.8, 4) is 0 Å². The van der Waals surface area contributed by atoms with Crippen molar-refractivity contribution < 1.29 is 18.0 Å². The lowest BCUT2D eigenvalue weighted by Gasteiger charge is -2.31. The van der Waals surface area contributed by atoms with Crippen molar-refractivity contribution >= 4 is 33.4 Å². The lowest BCUT2D eigenvalue weighted by Crippen LogP contribution is -2.42. The van der Waals surface area contributed by atoms with Crippen molar-refractivity contribution in [2.45, 2.75) is 24.3 Å². The van der Waals surface area contributed by atoms with Gasteiger partial charge in [0.05, 0.1) is 4.90 Å². The first-order valence-corrected chi connectivity index (χ1v) is 11.1. The molecule has 2 aromatic rings. The molecule has 7 nitrogen and oxygen atoms in total. The number of nitrogens with one attached hydrogen (secondary N) is 1. The molecule has 0 aromatic heterocycles. The van der Waals surface area contributed by atoms with Crippen LogP contribution in [0.5, 0.6) is 0 Å². The largest absolute Gasteiger partial charge is 0.352 e. The van der Waals surface area contributed by atoms with Crippen molar-refractivity contribution in [1.82, 2.24) is 10.2 Å². The number of primary sulfonamides is 1. The van der Waals surface area contributed by atoms with Gasteiger partial charge in [-0.15, -0.1) is 0 Å². The highest BCUT2D eigenvalue weighted by Crippen LogP contribution is 2.20. The number of carbonyl (C=O) groups excluding carboxylic acids is 2. The topological polar surface area (TPSA) is 110 Å². The van der Waals surface area contributed by atoms with Crippen LogP contribution in [0, 0.1) is 5.92 Å². The number of hydrogen-bond acceptors (Lipinski definition) is 4. The third-order valence-electron chi connectivity index (χ3n) is 4.96. The fourth-order valence-electron chi connectivity index (χ4n) is 3.25. The summed E-state index contributed by atoms with van der Waals surface area (Å²) in [4.78, 5) is 26.7. The Labute approximate surface area is 174 Å². The standard InChI is InChI=1S/C20H22ClN3O4S/c21-17-5-3-16(4-6-17)20(26)24-11-9-15(10-12-24)19(25)23-13-14-1-7-18(8-2-14)29(22,27)28/h1-8,15H,9-13H2,(H,23,25)(H2,22,27,28). The number of nitrogens with zero attached hydrogens (tertiary/aromatic N) is 1. The Morgan fingerprint density at radius 3 is 2.17 bits per heavy atom. The zero-order valence-electron chi connectivity index (χ0n) is 15.7. The zero-order chi connectivity index (χ0) is 21.0. The van der Waals surface area contributed by atoms with Gasteiger partial charge in [0.2, 0.25) is 15.9 Å². The van der Waals surface area contributed by atoms with Gasteiger partial charge in [0.25, 0.3) is 5.91 Å². The van der Waals surface area contributed by atoms with E-state index in [4.69, 9.17) is 16.7 Å². The second-order valence-electron chi connectivity index (χ2n) is 6.98. The van der Waals surface area contributed by atoms with Gasteiger partial charge in [0.15, 0.2) is 0 Å². The molecule has 154 valence electrons. The molecule has 0 unspecified atom stereocenters. The number of benzene rings is 2. The van der Waals surface area contributed by atoms with Crippen molar-refractivity contribution in [2.75, 3.05) is 13.1 Å². The van der Waals surface area contributed by atoms with Gasteiger partial charge in [-0.2, -0.15) is 0 Å². The number of carbonyl (C=O) groups is 2. The van der Waals surface area contributed by atoms with Crippen LogP contribution in [0.25, 0.3) is 0 Å². The van der Waals surface area contributed by atoms with Crippen LogP contribution in [-0.4, -0.2) is 38.2 Å². The first kappa shape index (κ1) is 21.3. The molecule has 1 heterocycles. The third kappa shape index (κ3) is 5.56. The Morgan fingerprint density at radius 1 is 1.03 bits per heavy atom. The van der Waals surface area contributed by atoms with Crippen LogP contribution in [0.4, 0.5) is 0 Å².